The fraction of sp³-hybridized carbons (Fsp3) is 0.278. The van der Waals surface area contributed by atoms with Crippen molar-refractivity contribution in [3.8, 4) is 5.75 Å². The van der Waals surface area contributed by atoms with Crippen LogP contribution >= 0.6 is 0 Å². The van der Waals surface area contributed by atoms with Crippen LogP contribution in [0.3, 0.4) is 0 Å². The van der Waals surface area contributed by atoms with Gasteiger partial charge in [-0.2, -0.15) is 0 Å². The summed E-state index contributed by atoms with van der Waals surface area (Å²) in [5.41, 5.74) is 1.09. The van der Waals surface area contributed by atoms with Gasteiger partial charge in [-0.15, -0.1) is 5.10 Å². The number of amides is 1. The number of carbonyl (C=O) groups excluding carboxylic acids is 1. The summed E-state index contributed by atoms with van der Waals surface area (Å²) in [4.78, 5) is 26.5. The van der Waals surface area contributed by atoms with Crippen molar-refractivity contribution in [3.63, 3.8) is 0 Å². The monoisotopic (exact) mass is 340 g/mol. The number of hydrogen-bond donors (Lipinski definition) is 0. The summed E-state index contributed by atoms with van der Waals surface area (Å²) in [7, 11) is 3.31. The topological polar surface area (TPSA) is 68.8 Å². The summed E-state index contributed by atoms with van der Waals surface area (Å²) in [6.07, 6.45) is 1.63. The maximum absolute atomic E-state index is 12.6. The van der Waals surface area contributed by atoms with E-state index in [2.05, 4.69) is 5.10 Å². The standard InChI is InChI=1S/C18H20N4O3/c1-13(14-8-4-5-9-15(14)25-3)20(2)17(23)12-22-18(24)21-11-7-6-10-16(21)19-22/h4-11,13H,12H2,1-3H3/t13-/m1/s1. The minimum atomic E-state index is -0.331. The summed E-state index contributed by atoms with van der Waals surface area (Å²) < 4.78 is 7.96. The third kappa shape index (κ3) is 3.13. The second-order valence-corrected chi connectivity index (χ2v) is 5.79. The van der Waals surface area contributed by atoms with Crippen molar-refractivity contribution in [3.05, 3.63) is 64.7 Å². The maximum atomic E-state index is 12.6. The normalized spacial score (nSPS) is 12.1. The number of rotatable bonds is 5. The molecule has 1 aromatic carbocycles. The zero-order chi connectivity index (χ0) is 18.0. The van der Waals surface area contributed by atoms with Gasteiger partial charge in [0.05, 0.1) is 13.2 Å². The van der Waals surface area contributed by atoms with Gasteiger partial charge in [0.25, 0.3) is 0 Å². The van der Waals surface area contributed by atoms with Crippen molar-refractivity contribution in [2.24, 2.45) is 0 Å². The minimum Gasteiger partial charge on any atom is -0.496 e. The van der Waals surface area contributed by atoms with Crippen LogP contribution in [-0.4, -0.2) is 39.1 Å². The number of hydrogen-bond acceptors (Lipinski definition) is 4. The fourth-order valence-corrected chi connectivity index (χ4v) is 2.75. The first kappa shape index (κ1) is 16.8. The lowest BCUT2D eigenvalue weighted by molar-refractivity contribution is -0.132. The Bertz CT molecular complexity index is 960. The van der Waals surface area contributed by atoms with Crippen LogP contribution in [0.2, 0.25) is 0 Å². The van der Waals surface area contributed by atoms with Crippen LogP contribution in [-0.2, 0) is 11.3 Å². The van der Waals surface area contributed by atoms with Crippen molar-refractivity contribution in [1.82, 2.24) is 19.1 Å². The van der Waals surface area contributed by atoms with E-state index in [4.69, 9.17) is 4.74 Å². The van der Waals surface area contributed by atoms with Gasteiger partial charge in [0.15, 0.2) is 5.65 Å². The highest BCUT2D eigenvalue weighted by atomic mass is 16.5. The van der Waals surface area contributed by atoms with Gasteiger partial charge in [-0.3, -0.25) is 9.20 Å². The summed E-state index contributed by atoms with van der Waals surface area (Å²) in [6.45, 7) is 1.80. The van der Waals surface area contributed by atoms with Gasteiger partial charge in [-0.1, -0.05) is 24.3 Å². The number of ether oxygens (including phenoxy) is 1. The van der Waals surface area contributed by atoms with Gasteiger partial charge >= 0.3 is 5.69 Å². The van der Waals surface area contributed by atoms with E-state index in [0.717, 1.165) is 11.3 Å². The van der Waals surface area contributed by atoms with E-state index in [1.54, 1.807) is 43.5 Å². The molecule has 3 rings (SSSR count). The maximum Gasteiger partial charge on any atom is 0.350 e. The number of carbonyl (C=O) groups is 1. The molecule has 0 aliphatic rings. The highest BCUT2D eigenvalue weighted by Crippen LogP contribution is 2.28. The third-order valence-corrected chi connectivity index (χ3v) is 4.34. The molecule has 0 saturated carbocycles. The lowest BCUT2D eigenvalue weighted by atomic mass is 10.1. The quantitative estimate of drug-likeness (QED) is 0.709. The molecule has 1 amide bonds. The summed E-state index contributed by atoms with van der Waals surface area (Å²) >= 11 is 0. The van der Waals surface area contributed by atoms with Crippen LogP contribution in [0.1, 0.15) is 18.5 Å². The Labute approximate surface area is 145 Å². The molecule has 7 heteroatoms. The molecule has 0 spiro atoms. The number of aromatic nitrogens is 3. The molecule has 0 unspecified atom stereocenters. The van der Waals surface area contributed by atoms with Crippen LogP contribution in [0.5, 0.6) is 5.75 Å². The minimum absolute atomic E-state index is 0.115. The van der Waals surface area contributed by atoms with Crippen molar-refractivity contribution < 1.29 is 9.53 Å². The van der Waals surface area contributed by atoms with Crippen LogP contribution in [0.4, 0.5) is 0 Å². The molecule has 2 aromatic heterocycles. The third-order valence-electron chi connectivity index (χ3n) is 4.34. The molecule has 0 saturated heterocycles. The Balaban J connectivity index is 1.82. The fourth-order valence-electron chi connectivity index (χ4n) is 2.75. The number of benzene rings is 1. The zero-order valence-corrected chi connectivity index (χ0v) is 14.4. The number of nitrogens with zero attached hydrogens (tertiary/aromatic N) is 4. The van der Waals surface area contributed by atoms with Gasteiger partial charge in [-0.25, -0.2) is 9.48 Å². The predicted octanol–water partition coefficient (Wildman–Crippen LogP) is 1.72. The first-order valence-electron chi connectivity index (χ1n) is 7.95. The average Bonchev–Trinajstić information content (AvgIpc) is 2.96. The van der Waals surface area contributed by atoms with Gasteiger partial charge in [0, 0.05) is 18.8 Å². The summed E-state index contributed by atoms with van der Waals surface area (Å²) in [6, 6.07) is 12.6. The number of methoxy groups -OCH3 is 1. The molecule has 3 aromatic rings. The second-order valence-electron chi connectivity index (χ2n) is 5.79. The molecule has 130 valence electrons. The van der Waals surface area contributed by atoms with Gasteiger partial charge in [-0.05, 0) is 25.1 Å². The Morgan fingerprint density at radius 3 is 2.68 bits per heavy atom. The first-order valence-corrected chi connectivity index (χ1v) is 7.95. The van der Waals surface area contributed by atoms with Crippen molar-refractivity contribution in [2.45, 2.75) is 19.5 Å². The van der Waals surface area contributed by atoms with E-state index in [9.17, 15) is 9.59 Å². The molecule has 2 heterocycles. The molecule has 0 bridgehead atoms. The van der Waals surface area contributed by atoms with E-state index in [0.29, 0.717) is 5.65 Å². The Morgan fingerprint density at radius 1 is 1.24 bits per heavy atom. The number of pyridine rings is 1. The summed E-state index contributed by atoms with van der Waals surface area (Å²) in [5, 5.41) is 4.20. The number of para-hydroxylation sites is 1. The van der Waals surface area contributed by atoms with Crippen molar-refractivity contribution in [1.29, 1.82) is 0 Å². The highest BCUT2D eigenvalue weighted by Gasteiger charge is 2.21. The largest absolute Gasteiger partial charge is 0.496 e. The Morgan fingerprint density at radius 2 is 1.96 bits per heavy atom. The Kier molecular flexibility index (Phi) is 4.56. The molecule has 0 aliphatic heterocycles. The molecule has 0 fully saturated rings. The molecule has 0 aliphatic carbocycles. The van der Waals surface area contributed by atoms with E-state index >= 15 is 0 Å². The molecular weight excluding hydrogens is 320 g/mol. The van der Waals surface area contributed by atoms with E-state index in [1.807, 2.05) is 31.2 Å². The first-order chi connectivity index (χ1) is 12.0. The Hall–Kier alpha value is -3.09. The molecule has 7 nitrogen and oxygen atoms in total. The molecule has 25 heavy (non-hydrogen) atoms. The summed E-state index contributed by atoms with van der Waals surface area (Å²) in [5.74, 6) is 0.517. The smallest absolute Gasteiger partial charge is 0.350 e. The van der Waals surface area contributed by atoms with E-state index < -0.39 is 0 Å². The predicted molar refractivity (Wildman–Crippen MR) is 93.6 cm³/mol. The van der Waals surface area contributed by atoms with E-state index in [-0.39, 0.29) is 24.2 Å². The lowest BCUT2D eigenvalue weighted by Crippen LogP contribution is -2.35. The van der Waals surface area contributed by atoms with E-state index in [1.165, 1.54) is 9.08 Å². The van der Waals surface area contributed by atoms with Crippen molar-refractivity contribution >= 4 is 11.6 Å². The highest BCUT2D eigenvalue weighted by molar-refractivity contribution is 5.76. The SMILES string of the molecule is COc1ccccc1[C@@H](C)N(C)C(=O)Cn1nc2ccccn2c1=O. The van der Waals surface area contributed by atoms with Gasteiger partial charge in [0.1, 0.15) is 12.3 Å². The lowest BCUT2D eigenvalue weighted by Gasteiger charge is -2.26. The number of likely N-dealkylation sites (N-methyl/N-ethyl adjacent to an activating group) is 1. The van der Waals surface area contributed by atoms with Crippen LogP contribution in [0.25, 0.3) is 5.65 Å². The second kappa shape index (κ2) is 6.80. The van der Waals surface area contributed by atoms with Crippen molar-refractivity contribution in [2.75, 3.05) is 14.2 Å². The molecular formula is C18H20N4O3. The van der Waals surface area contributed by atoms with Gasteiger partial charge < -0.3 is 9.64 Å². The molecule has 1 atom stereocenters. The van der Waals surface area contributed by atoms with Crippen LogP contribution in [0, 0.1) is 0 Å². The van der Waals surface area contributed by atoms with Crippen LogP contribution < -0.4 is 10.4 Å². The number of fused-ring (bicyclic) bond motifs is 1. The molecule has 0 radical (unpaired) electrons. The molecule has 0 N–H and O–H groups in total. The zero-order valence-electron chi connectivity index (χ0n) is 14.4. The van der Waals surface area contributed by atoms with Gasteiger partial charge in [0.2, 0.25) is 5.91 Å². The van der Waals surface area contributed by atoms with Crippen LogP contribution in [0.15, 0.2) is 53.5 Å². The average molecular weight is 340 g/mol.